The van der Waals surface area contributed by atoms with Crippen LogP contribution in [-0.4, -0.2) is 19.0 Å². The Morgan fingerprint density at radius 2 is 1.93 bits per heavy atom. The lowest BCUT2D eigenvalue weighted by Gasteiger charge is -2.15. The lowest BCUT2D eigenvalue weighted by Crippen LogP contribution is -2.17. The van der Waals surface area contributed by atoms with Crippen LogP contribution in [0.1, 0.15) is 26.3 Å². The standard InChI is InChI=1S/C13H19NO/c1-4-15-13(11(2)3)14-10-12-8-6-5-7-9-12/h5-11,13H,4H2,1-3H3/b14-10-. The van der Waals surface area contributed by atoms with Gasteiger partial charge in [-0.1, -0.05) is 44.2 Å². The molecule has 0 heterocycles. The third kappa shape index (κ3) is 4.26. The minimum Gasteiger partial charge on any atom is -0.357 e. The molecule has 0 aromatic heterocycles. The van der Waals surface area contributed by atoms with E-state index in [1.165, 1.54) is 0 Å². The summed E-state index contributed by atoms with van der Waals surface area (Å²) in [5.74, 6) is 0.407. The van der Waals surface area contributed by atoms with Crippen molar-refractivity contribution < 1.29 is 4.74 Å². The zero-order valence-electron chi connectivity index (χ0n) is 9.68. The maximum Gasteiger partial charge on any atom is 0.150 e. The Kier molecular flexibility index (Phi) is 5.05. The van der Waals surface area contributed by atoms with Gasteiger partial charge in [-0.05, 0) is 18.4 Å². The average molecular weight is 205 g/mol. The Labute approximate surface area is 92.0 Å². The number of aliphatic imine (C=N–C) groups is 1. The molecule has 0 saturated carbocycles. The first-order valence-electron chi connectivity index (χ1n) is 5.44. The highest BCUT2D eigenvalue weighted by molar-refractivity contribution is 5.79. The molecule has 0 amide bonds. The van der Waals surface area contributed by atoms with Crippen LogP contribution in [0.3, 0.4) is 0 Å². The fraction of sp³-hybridized carbons (Fsp3) is 0.462. The molecule has 1 aromatic rings. The normalized spacial score (nSPS) is 13.6. The van der Waals surface area contributed by atoms with E-state index in [-0.39, 0.29) is 6.23 Å². The maximum absolute atomic E-state index is 5.53. The summed E-state index contributed by atoms with van der Waals surface area (Å²) in [6.07, 6.45) is 1.84. The van der Waals surface area contributed by atoms with Gasteiger partial charge >= 0.3 is 0 Å². The number of hydrogen-bond acceptors (Lipinski definition) is 2. The minimum absolute atomic E-state index is 0.0322. The van der Waals surface area contributed by atoms with Gasteiger partial charge in [-0.3, -0.25) is 4.99 Å². The number of benzene rings is 1. The van der Waals surface area contributed by atoms with Crippen LogP contribution >= 0.6 is 0 Å². The van der Waals surface area contributed by atoms with Crippen molar-refractivity contribution in [1.29, 1.82) is 0 Å². The zero-order valence-corrected chi connectivity index (χ0v) is 9.68. The lowest BCUT2D eigenvalue weighted by molar-refractivity contribution is 0.0378. The molecule has 2 heteroatoms. The maximum atomic E-state index is 5.53. The molecule has 82 valence electrons. The third-order valence-electron chi connectivity index (χ3n) is 2.08. The van der Waals surface area contributed by atoms with Crippen LogP contribution in [0.2, 0.25) is 0 Å². The van der Waals surface area contributed by atoms with Crippen LogP contribution in [0, 0.1) is 5.92 Å². The predicted octanol–water partition coefficient (Wildman–Crippen LogP) is 3.12. The van der Waals surface area contributed by atoms with Gasteiger partial charge in [0.05, 0.1) is 0 Å². The van der Waals surface area contributed by atoms with Crippen molar-refractivity contribution in [3.05, 3.63) is 35.9 Å². The fourth-order valence-corrected chi connectivity index (χ4v) is 1.28. The van der Waals surface area contributed by atoms with E-state index in [0.29, 0.717) is 12.5 Å². The molecule has 1 atom stereocenters. The first kappa shape index (κ1) is 11.9. The predicted molar refractivity (Wildman–Crippen MR) is 64.3 cm³/mol. The van der Waals surface area contributed by atoms with Crippen LogP contribution in [0.25, 0.3) is 0 Å². The first-order chi connectivity index (χ1) is 7.24. The van der Waals surface area contributed by atoms with Crippen molar-refractivity contribution in [2.75, 3.05) is 6.61 Å². The van der Waals surface area contributed by atoms with Gasteiger partial charge in [0, 0.05) is 12.8 Å². The minimum atomic E-state index is -0.0322. The van der Waals surface area contributed by atoms with Crippen molar-refractivity contribution >= 4 is 6.21 Å². The fourth-order valence-electron chi connectivity index (χ4n) is 1.28. The molecule has 0 radical (unpaired) electrons. The molecular formula is C13H19NO. The lowest BCUT2D eigenvalue weighted by atomic mass is 10.2. The van der Waals surface area contributed by atoms with Gasteiger partial charge in [0.15, 0.2) is 6.23 Å². The molecule has 0 fully saturated rings. The second-order valence-electron chi connectivity index (χ2n) is 3.78. The molecule has 0 spiro atoms. The zero-order chi connectivity index (χ0) is 11.1. The Morgan fingerprint density at radius 1 is 1.27 bits per heavy atom. The van der Waals surface area contributed by atoms with Crippen molar-refractivity contribution in [1.82, 2.24) is 0 Å². The molecule has 0 bridgehead atoms. The summed E-state index contributed by atoms with van der Waals surface area (Å²) in [5.41, 5.74) is 1.11. The topological polar surface area (TPSA) is 21.6 Å². The Bertz CT molecular complexity index is 293. The molecule has 0 aliphatic heterocycles. The van der Waals surface area contributed by atoms with E-state index in [4.69, 9.17) is 4.74 Å². The molecular weight excluding hydrogens is 186 g/mol. The SMILES string of the molecule is CCOC(/N=C\c1ccccc1)C(C)C. The summed E-state index contributed by atoms with van der Waals surface area (Å²) in [4.78, 5) is 4.44. The van der Waals surface area contributed by atoms with Crippen LogP contribution in [0.15, 0.2) is 35.3 Å². The van der Waals surface area contributed by atoms with E-state index < -0.39 is 0 Å². The Morgan fingerprint density at radius 3 is 2.47 bits per heavy atom. The second kappa shape index (κ2) is 6.36. The quantitative estimate of drug-likeness (QED) is 0.677. The Hall–Kier alpha value is -1.15. The average Bonchev–Trinajstić information content (AvgIpc) is 2.25. The largest absolute Gasteiger partial charge is 0.357 e. The molecule has 0 N–H and O–H groups in total. The highest BCUT2D eigenvalue weighted by atomic mass is 16.5. The van der Waals surface area contributed by atoms with E-state index in [1.807, 2.05) is 43.5 Å². The van der Waals surface area contributed by atoms with Gasteiger partial charge < -0.3 is 4.74 Å². The van der Waals surface area contributed by atoms with Crippen LogP contribution in [-0.2, 0) is 4.74 Å². The second-order valence-corrected chi connectivity index (χ2v) is 3.78. The summed E-state index contributed by atoms with van der Waals surface area (Å²) in [7, 11) is 0. The number of nitrogens with zero attached hydrogens (tertiary/aromatic N) is 1. The summed E-state index contributed by atoms with van der Waals surface area (Å²) in [6.45, 7) is 6.92. The smallest absolute Gasteiger partial charge is 0.150 e. The van der Waals surface area contributed by atoms with Crippen LogP contribution in [0.5, 0.6) is 0 Å². The Balaban J connectivity index is 2.61. The van der Waals surface area contributed by atoms with E-state index >= 15 is 0 Å². The third-order valence-corrected chi connectivity index (χ3v) is 2.08. The highest BCUT2D eigenvalue weighted by Crippen LogP contribution is 2.08. The van der Waals surface area contributed by atoms with E-state index in [0.717, 1.165) is 5.56 Å². The molecule has 0 aliphatic carbocycles. The van der Waals surface area contributed by atoms with E-state index in [9.17, 15) is 0 Å². The molecule has 15 heavy (non-hydrogen) atoms. The summed E-state index contributed by atoms with van der Waals surface area (Å²) < 4.78 is 5.53. The highest BCUT2D eigenvalue weighted by Gasteiger charge is 2.09. The summed E-state index contributed by atoms with van der Waals surface area (Å²) in [5, 5.41) is 0. The van der Waals surface area contributed by atoms with Gasteiger partial charge in [0.1, 0.15) is 0 Å². The first-order valence-corrected chi connectivity index (χ1v) is 5.44. The van der Waals surface area contributed by atoms with Gasteiger partial charge in [-0.15, -0.1) is 0 Å². The van der Waals surface area contributed by atoms with E-state index in [1.54, 1.807) is 0 Å². The number of ether oxygens (including phenoxy) is 1. The van der Waals surface area contributed by atoms with Gasteiger partial charge in [-0.2, -0.15) is 0 Å². The number of hydrogen-bond donors (Lipinski definition) is 0. The van der Waals surface area contributed by atoms with Gasteiger partial charge in [0.25, 0.3) is 0 Å². The van der Waals surface area contributed by atoms with Crippen molar-refractivity contribution in [3.8, 4) is 0 Å². The summed E-state index contributed by atoms with van der Waals surface area (Å²) in [6, 6.07) is 10.1. The molecule has 0 aliphatic rings. The summed E-state index contributed by atoms with van der Waals surface area (Å²) >= 11 is 0. The monoisotopic (exact) mass is 205 g/mol. The van der Waals surface area contributed by atoms with Crippen LogP contribution < -0.4 is 0 Å². The van der Waals surface area contributed by atoms with Crippen molar-refractivity contribution in [2.24, 2.45) is 10.9 Å². The molecule has 1 aromatic carbocycles. The molecule has 1 rings (SSSR count). The molecule has 2 nitrogen and oxygen atoms in total. The van der Waals surface area contributed by atoms with Crippen molar-refractivity contribution in [3.63, 3.8) is 0 Å². The van der Waals surface area contributed by atoms with Gasteiger partial charge in [0.2, 0.25) is 0 Å². The van der Waals surface area contributed by atoms with Crippen LogP contribution in [0.4, 0.5) is 0 Å². The molecule has 1 unspecified atom stereocenters. The molecule has 0 saturated heterocycles. The van der Waals surface area contributed by atoms with Crippen molar-refractivity contribution in [2.45, 2.75) is 27.0 Å². The van der Waals surface area contributed by atoms with Gasteiger partial charge in [-0.25, -0.2) is 0 Å². The number of rotatable bonds is 5. The van der Waals surface area contributed by atoms with E-state index in [2.05, 4.69) is 18.8 Å².